The summed E-state index contributed by atoms with van der Waals surface area (Å²) in [5.41, 5.74) is -0.452. The Hall–Kier alpha value is -2.36. The van der Waals surface area contributed by atoms with Crippen LogP contribution in [0.3, 0.4) is 0 Å². The summed E-state index contributed by atoms with van der Waals surface area (Å²) in [6, 6.07) is 11.8. The van der Waals surface area contributed by atoms with E-state index in [9.17, 15) is 17.6 Å². The maximum absolute atomic E-state index is 13.8. The average molecular weight is 486 g/mol. The largest absolute Gasteiger partial charge is 0.422 e. The van der Waals surface area contributed by atoms with Gasteiger partial charge in [0.1, 0.15) is 11.6 Å². The van der Waals surface area contributed by atoms with Gasteiger partial charge in [-0.2, -0.15) is 0 Å². The zero-order valence-corrected chi connectivity index (χ0v) is 17.1. The number of ether oxygens (including phenoxy) is 1. The van der Waals surface area contributed by atoms with Crippen LogP contribution < -0.4 is 4.74 Å². The molecular weight excluding hydrogens is 475 g/mol. The molecule has 0 unspecified atom stereocenters. The summed E-state index contributed by atoms with van der Waals surface area (Å²) in [5, 5.41) is -0.824. The van der Waals surface area contributed by atoms with E-state index in [1.54, 1.807) is 12.1 Å². The number of esters is 1. The number of hydrogen-bond acceptors (Lipinski definition) is 6. The van der Waals surface area contributed by atoms with Gasteiger partial charge >= 0.3 is 5.97 Å². The molecule has 0 aliphatic heterocycles. The number of carbonyl (C=O) groups excluding carboxylic acids is 1. The highest BCUT2D eigenvalue weighted by molar-refractivity contribution is 9.10. The van der Waals surface area contributed by atoms with Crippen molar-refractivity contribution in [2.45, 2.75) is 10.9 Å². The molecule has 144 valence electrons. The van der Waals surface area contributed by atoms with Gasteiger partial charge in [0.25, 0.3) is 0 Å². The molecule has 0 saturated heterocycles. The molecule has 1 heterocycles. The van der Waals surface area contributed by atoms with Gasteiger partial charge in [-0.25, -0.2) is 27.6 Å². The zero-order valence-electron chi connectivity index (χ0n) is 14.0. The van der Waals surface area contributed by atoms with Crippen LogP contribution in [-0.2, 0) is 15.6 Å². The van der Waals surface area contributed by atoms with Gasteiger partial charge in [0.15, 0.2) is 5.69 Å². The van der Waals surface area contributed by atoms with E-state index in [2.05, 4.69) is 25.9 Å². The number of hydrogen-bond donors (Lipinski definition) is 0. The Bertz CT molecular complexity index is 1140. The summed E-state index contributed by atoms with van der Waals surface area (Å²) < 4.78 is 44.8. The molecule has 0 aliphatic carbocycles. The van der Waals surface area contributed by atoms with Crippen molar-refractivity contribution in [3.63, 3.8) is 0 Å². The Morgan fingerprint density at radius 1 is 1.14 bits per heavy atom. The molecule has 3 aromatic rings. The van der Waals surface area contributed by atoms with E-state index < -0.39 is 38.2 Å². The summed E-state index contributed by atoms with van der Waals surface area (Å²) in [6.07, 6.45) is 0.987. The van der Waals surface area contributed by atoms with Gasteiger partial charge in [-0.3, -0.25) is 0 Å². The first-order chi connectivity index (χ1) is 13.3. The molecule has 0 saturated carbocycles. The van der Waals surface area contributed by atoms with Crippen LogP contribution in [0.4, 0.5) is 4.39 Å². The molecule has 0 radical (unpaired) electrons. The molecule has 10 heteroatoms. The lowest BCUT2D eigenvalue weighted by atomic mass is 10.2. The van der Waals surface area contributed by atoms with Crippen molar-refractivity contribution in [2.75, 3.05) is 0 Å². The molecule has 0 fully saturated rings. The van der Waals surface area contributed by atoms with Crippen LogP contribution in [0.2, 0.25) is 5.02 Å². The van der Waals surface area contributed by atoms with Crippen LogP contribution in [0, 0.1) is 5.82 Å². The molecule has 0 bridgehead atoms. The number of rotatable bonds is 5. The van der Waals surface area contributed by atoms with Crippen LogP contribution in [0.25, 0.3) is 0 Å². The maximum atomic E-state index is 13.8. The van der Waals surface area contributed by atoms with Gasteiger partial charge in [0.2, 0.25) is 15.0 Å². The second-order valence-electron chi connectivity index (χ2n) is 5.54. The lowest BCUT2D eigenvalue weighted by Gasteiger charge is -2.08. The lowest BCUT2D eigenvalue weighted by Crippen LogP contribution is -2.16. The first-order valence-corrected chi connectivity index (χ1v) is 10.5. The quantitative estimate of drug-likeness (QED) is 0.305. The number of aromatic nitrogens is 2. The predicted molar refractivity (Wildman–Crippen MR) is 103 cm³/mol. The summed E-state index contributed by atoms with van der Waals surface area (Å²) in [4.78, 5) is 19.8. The van der Waals surface area contributed by atoms with Crippen LogP contribution in [0.15, 0.2) is 64.4 Å². The van der Waals surface area contributed by atoms with Crippen molar-refractivity contribution in [1.82, 2.24) is 9.97 Å². The summed E-state index contributed by atoms with van der Waals surface area (Å²) in [5.74, 6) is -2.06. The van der Waals surface area contributed by atoms with Crippen LogP contribution in [-0.4, -0.2) is 24.4 Å². The van der Waals surface area contributed by atoms with Gasteiger partial charge in [0, 0.05) is 10.0 Å². The number of carbonyl (C=O) groups is 1. The predicted octanol–water partition coefficient (Wildman–Crippen LogP) is 4.22. The fourth-order valence-corrected chi connectivity index (χ4v) is 3.84. The zero-order chi connectivity index (χ0) is 20.3. The first-order valence-electron chi connectivity index (χ1n) is 7.73. The summed E-state index contributed by atoms with van der Waals surface area (Å²) in [7, 11) is -4.12. The van der Waals surface area contributed by atoms with E-state index in [-0.39, 0.29) is 16.3 Å². The Labute approximate surface area is 173 Å². The number of sulfone groups is 1. The highest BCUT2D eigenvalue weighted by Gasteiger charge is 2.25. The van der Waals surface area contributed by atoms with Crippen molar-refractivity contribution < 1.29 is 22.3 Å². The lowest BCUT2D eigenvalue weighted by molar-refractivity contribution is 0.0727. The maximum Gasteiger partial charge on any atom is 0.364 e. The molecule has 28 heavy (non-hydrogen) atoms. The first kappa shape index (κ1) is 20.4. The van der Waals surface area contributed by atoms with Gasteiger partial charge in [-0.15, -0.1) is 0 Å². The average Bonchev–Trinajstić information content (AvgIpc) is 2.65. The third kappa shape index (κ3) is 4.73. The number of nitrogens with zero attached hydrogens (tertiary/aromatic N) is 2. The SMILES string of the molecule is O=C(Oc1ccc(Br)cc1)c1nc(S(=O)(=O)Cc2ccccc2F)ncc1Cl. The molecule has 2 aromatic carbocycles. The minimum atomic E-state index is -4.12. The van der Waals surface area contributed by atoms with Crippen molar-refractivity contribution in [3.8, 4) is 5.75 Å². The monoisotopic (exact) mass is 484 g/mol. The molecule has 0 spiro atoms. The molecule has 0 atom stereocenters. The number of benzene rings is 2. The topological polar surface area (TPSA) is 86.2 Å². The second kappa shape index (κ2) is 8.34. The smallest absolute Gasteiger partial charge is 0.364 e. The molecule has 0 aliphatic rings. The third-order valence-electron chi connectivity index (χ3n) is 3.52. The minimum absolute atomic E-state index is 0.0416. The molecule has 3 rings (SSSR count). The van der Waals surface area contributed by atoms with E-state index in [4.69, 9.17) is 16.3 Å². The summed E-state index contributed by atoms with van der Waals surface area (Å²) in [6.45, 7) is 0. The minimum Gasteiger partial charge on any atom is -0.422 e. The second-order valence-corrected chi connectivity index (χ2v) is 8.75. The Balaban J connectivity index is 1.89. The fraction of sp³-hybridized carbons (Fsp3) is 0.0556. The highest BCUT2D eigenvalue weighted by atomic mass is 79.9. The fourth-order valence-electron chi connectivity index (χ4n) is 2.19. The van der Waals surface area contributed by atoms with E-state index in [0.717, 1.165) is 16.7 Å². The molecule has 6 nitrogen and oxygen atoms in total. The molecule has 0 amide bonds. The highest BCUT2D eigenvalue weighted by Crippen LogP contribution is 2.22. The third-order valence-corrected chi connectivity index (χ3v) is 5.77. The van der Waals surface area contributed by atoms with E-state index in [1.165, 1.54) is 30.3 Å². The van der Waals surface area contributed by atoms with Crippen LogP contribution in [0.5, 0.6) is 5.75 Å². The molecule has 1 aromatic heterocycles. The standard InChI is InChI=1S/C18H11BrClFN2O4S/c19-12-5-7-13(8-6-12)27-17(24)16-14(20)9-22-18(23-16)28(25,26)10-11-3-1-2-4-15(11)21/h1-9H,10H2. The number of halogens is 3. The van der Waals surface area contributed by atoms with Gasteiger partial charge < -0.3 is 4.74 Å². The van der Waals surface area contributed by atoms with Crippen molar-refractivity contribution in [1.29, 1.82) is 0 Å². The molecular formula is C18H11BrClFN2O4S. The van der Waals surface area contributed by atoms with Crippen LogP contribution in [0.1, 0.15) is 16.1 Å². The van der Waals surface area contributed by atoms with Gasteiger partial charge in [0.05, 0.1) is 17.0 Å². The van der Waals surface area contributed by atoms with Crippen molar-refractivity contribution in [2.24, 2.45) is 0 Å². The van der Waals surface area contributed by atoms with Gasteiger partial charge in [-0.1, -0.05) is 45.7 Å². The van der Waals surface area contributed by atoms with Crippen molar-refractivity contribution in [3.05, 3.63) is 81.3 Å². The van der Waals surface area contributed by atoms with Gasteiger partial charge in [-0.05, 0) is 30.3 Å². The summed E-state index contributed by atoms with van der Waals surface area (Å²) >= 11 is 9.19. The van der Waals surface area contributed by atoms with Crippen LogP contribution >= 0.6 is 27.5 Å². The Morgan fingerprint density at radius 3 is 2.50 bits per heavy atom. The Morgan fingerprint density at radius 2 is 1.82 bits per heavy atom. The van der Waals surface area contributed by atoms with E-state index >= 15 is 0 Å². The normalized spacial score (nSPS) is 11.2. The molecule has 0 N–H and O–H groups in total. The Kier molecular flexibility index (Phi) is 6.07. The van der Waals surface area contributed by atoms with E-state index in [1.807, 2.05) is 0 Å². The van der Waals surface area contributed by atoms with Crippen molar-refractivity contribution >= 4 is 43.3 Å². The van der Waals surface area contributed by atoms with E-state index in [0.29, 0.717) is 0 Å².